The van der Waals surface area contributed by atoms with Gasteiger partial charge in [0.05, 0.1) is 6.21 Å². The topological polar surface area (TPSA) is 41.5 Å². The van der Waals surface area contributed by atoms with Crippen LogP contribution in [0.2, 0.25) is 0 Å². The summed E-state index contributed by atoms with van der Waals surface area (Å²) in [4.78, 5) is 12.0. The van der Waals surface area contributed by atoms with E-state index in [0.29, 0.717) is 5.56 Å². The lowest BCUT2D eigenvalue weighted by molar-refractivity contribution is 0.0955. The minimum absolute atomic E-state index is 0.358. The summed E-state index contributed by atoms with van der Waals surface area (Å²) in [6.45, 7) is 2.16. The number of amides is 1. The van der Waals surface area contributed by atoms with Gasteiger partial charge in [0.2, 0.25) is 0 Å². The average molecular weight is 338 g/mol. The van der Waals surface area contributed by atoms with Gasteiger partial charge in [0.1, 0.15) is 5.82 Å². The van der Waals surface area contributed by atoms with E-state index in [2.05, 4.69) is 23.5 Å². The van der Waals surface area contributed by atoms with Crippen molar-refractivity contribution in [2.75, 3.05) is 0 Å². The predicted molar refractivity (Wildman–Crippen MR) is 101 cm³/mol. The van der Waals surface area contributed by atoms with E-state index in [1.807, 2.05) is 30.3 Å². The molecule has 0 radical (unpaired) electrons. The molecule has 0 atom stereocenters. The number of hydrogen-bond donors (Lipinski definition) is 1. The second kappa shape index (κ2) is 10.2. The van der Waals surface area contributed by atoms with Crippen molar-refractivity contribution in [1.29, 1.82) is 0 Å². The molecule has 0 aromatic heterocycles. The van der Waals surface area contributed by atoms with Crippen LogP contribution in [-0.4, -0.2) is 12.1 Å². The molecule has 0 aliphatic rings. The van der Waals surface area contributed by atoms with Gasteiger partial charge >= 0.3 is 0 Å². The molecule has 2 rings (SSSR count). The average Bonchev–Trinajstić information content (AvgIpc) is 2.63. The Hall–Kier alpha value is -2.75. The van der Waals surface area contributed by atoms with Crippen LogP contribution in [-0.2, 0) is 0 Å². The Bertz CT molecular complexity index is 721. The lowest BCUT2D eigenvalue weighted by Crippen LogP contribution is -2.17. The van der Waals surface area contributed by atoms with Crippen molar-refractivity contribution in [2.24, 2.45) is 5.10 Å². The van der Waals surface area contributed by atoms with Crippen LogP contribution in [0.5, 0.6) is 0 Å². The van der Waals surface area contributed by atoms with Gasteiger partial charge in [-0.15, -0.1) is 0 Å². The van der Waals surface area contributed by atoms with Gasteiger partial charge in [-0.25, -0.2) is 9.82 Å². The number of benzene rings is 2. The maximum atomic E-state index is 12.9. The quantitative estimate of drug-likeness (QED) is 0.401. The summed E-state index contributed by atoms with van der Waals surface area (Å²) in [6, 6.07) is 15.4. The highest BCUT2D eigenvalue weighted by molar-refractivity contribution is 5.95. The molecule has 4 heteroatoms. The van der Waals surface area contributed by atoms with E-state index in [9.17, 15) is 9.18 Å². The number of halogens is 1. The number of hydrogen-bond acceptors (Lipinski definition) is 2. The number of carbonyl (C=O) groups is 1. The van der Waals surface area contributed by atoms with Gasteiger partial charge in [-0.3, -0.25) is 4.79 Å². The largest absolute Gasteiger partial charge is 0.271 e. The van der Waals surface area contributed by atoms with Gasteiger partial charge in [-0.2, -0.15) is 5.10 Å². The lowest BCUT2D eigenvalue weighted by Gasteiger charge is -2.03. The molecule has 0 unspecified atom stereocenters. The van der Waals surface area contributed by atoms with Gasteiger partial charge in [-0.05, 0) is 48.2 Å². The molecule has 130 valence electrons. The van der Waals surface area contributed by atoms with Gasteiger partial charge in [0.15, 0.2) is 0 Å². The van der Waals surface area contributed by atoms with E-state index in [0.717, 1.165) is 36.8 Å². The van der Waals surface area contributed by atoms with Crippen molar-refractivity contribution >= 4 is 18.2 Å². The molecule has 0 aliphatic carbocycles. The van der Waals surface area contributed by atoms with Crippen LogP contribution in [0, 0.1) is 5.82 Å². The molecule has 0 saturated heterocycles. The van der Waals surface area contributed by atoms with E-state index in [-0.39, 0.29) is 11.7 Å². The van der Waals surface area contributed by atoms with E-state index < -0.39 is 0 Å². The van der Waals surface area contributed by atoms with Crippen LogP contribution in [0.1, 0.15) is 48.5 Å². The molecule has 0 spiro atoms. The zero-order chi connectivity index (χ0) is 17.9. The maximum absolute atomic E-state index is 12.9. The third kappa shape index (κ3) is 6.71. The SMILES string of the molecule is CCCCCC(/C=N\NC(=O)c1ccc(F)cc1)=C\c1ccccc1. The first kappa shape index (κ1) is 18.6. The Kier molecular flexibility index (Phi) is 7.57. The van der Waals surface area contributed by atoms with E-state index >= 15 is 0 Å². The summed E-state index contributed by atoms with van der Waals surface area (Å²) in [6.07, 6.45) is 8.04. The summed E-state index contributed by atoms with van der Waals surface area (Å²) in [5.41, 5.74) is 5.02. The molecule has 1 N–H and O–H groups in total. The molecule has 0 saturated carbocycles. The van der Waals surface area contributed by atoms with E-state index in [1.165, 1.54) is 24.3 Å². The molecule has 0 aliphatic heterocycles. The van der Waals surface area contributed by atoms with Crippen LogP contribution in [0.25, 0.3) is 6.08 Å². The van der Waals surface area contributed by atoms with E-state index in [4.69, 9.17) is 0 Å². The molecule has 0 heterocycles. The van der Waals surface area contributed by atoms with Crippen LogP contribution in [0.3, 0.4) is 0 Å². The molecule has 2 aromatic rings. The fourth-order valence-corrected chi connectivity index (χ4v) is 2.36. The summed E-state index contributed by atoms with van der Waals surface area (Å²) >= 11 is 0. The fourth-order valence-electron chi connectivity index (χ4n) is 2.36. The minimum Gasteiger partial charge on any atom is -0.267 e. The molecular formula is C21H23FN2O. The first-order valence-electron chi connectivity index (χ1n) is 8.53. The Morgan fingerprint density at radius 3 is 2.48 bits per heavy atom. The molecular weight excluding hydrogens is 315 g/mol. The molecule has 2 aromatic carbocycles. The number of allylic oxidation sites excluding steroid dienone is 1. The smallest absolute Gasteiger partial charge is 0.267 e. The minimum atomic E-state index is -0.371. The Balaban J connectivity index is 2.02. The molecule has 1 amide bonds. The highest BCUT2D eigenvalue weighted by Gasteiger charge is 2.03. The molecule has 0 bridgehead atoms. The number of nitrogens with one attached hydrogen (secondary N) is 1. The first-order valence-corrected chi connectivity index (χ1v) is 8.53. The van der Waals surface area contributed by atoms with Gasteiger partial charge < -0.3 is 0 Å². The molecule has 3 nitrogen and oxygen atoms in total. The number of nitrogens with zero attached hydrogens (tertiary/aromatic N) is 1. The zero-order valence-electron chi connectivity index (χ0n) is 14.4. The monoisotopic (exact) mass is 338 g/mol. The summed E-state index contributed by atoms with van der Waals surface area (Å²) in [7, 11) is 0. The Labute approximate surface area is 148 Å². The summed E-state index contributed by atoms with van der Waals surface area (Å²) < 4.78 is 12.9. The third-order valence-electron chi connectivity index (χ3n) is 3.72. The Morgan fingerprint density at radius 2 is 1.80 bits per heavy atom. The highest BCUT2D eigenvalue weighted by Crippen LogP contribution is 2.12. The van der Waals surface area contributed by atoms with E-state index in [1.54, 1.807) is 6.21 Å². The number of hydrazone groups is 1. The lowest BCUT2D eigenvalue weighted by atomic mass is 10.1. The second-order valence-corrected chi connectivity index (χ2v) is 5.79. The number of carbonyl (C=O) groups excluding carboxylic acids is 1. The number of unbranched alkanes of at least 4 members (excludes halogenated alkanes) is 2. The molecule has 25 heavy (non-hydrogen) atoms. The van der Waals surface area contributed by atoms with Crippen molar-refractivity contribution < 1.29 is 9.18 Å². The second-order valence-electron chi connectivity index (χ2n) is 5.79. The zero-order valence-corrected chi connectivity index (χ0v) is 14.4. The van der Waals surface area contributed by atoms with Crippen molar-refractivity contribution in [3.63, 3.8) is 0 Å². The van der Waals surface area contributed by atoms with Crippen LogP contribution >= 0.6 is 0 Å². The Morgan fingerprint density at radius 1 is 1.08 bits per heavy atom. The maximum Gasteiger partial charge on any atom is 0.271 e. The standard InChI is InChI=1S/C21H23FN2O/c1-2-3-5-10-18(15-17-8-6-4-7-9-17)16-23-24-21(25)19-11-13-20(22)14-12-19/h4,6-9,11-16H,2-3,5,10H2,1H3,(H,24,25)/b18-15+,23-16-. The molecule has 0 fully saturated rings. The van der Waals surface area contributed by atoms with Gasteiger partial charge in [0, 0.05) is 5.56 Å². The summed E-state index contributed by atoms with van der Waals surface area (Å²) in [5, 5.41) is 4.06. The fraction of sp³-hybridized carbons (Fsp3) is 0.238. The summed E-state index contributed by atoms with van der Waals surface area (Å²) in [5.74, 6) is -0.729. The predicted octanol–water partition coefficient (Wildman–Crippen LogP) is 5.21. The van der Waals surface area contributed by atoms with Crippen LogP contribution in [0.4, 0.5) is 4.39 Å². The van der Waals surface area contributed by atoms with Crippen LogP contribution < -0.4 is 5.43 Å². The van der Waals surface area contributed by atoms with Crippen molar-refractivity contribution in [3.8, 4) is 0 Å². The van der Waals surface area contributed by atoms with Gasteiger partial charge in [0.25, 0.3) is 5.91 Å². The highest BCUT2D eigenvalue weighted by atomic mass is 19.1. The van der Waals surface area contributed by atoms with Crippen molar-refractivity contribution in [3.05, 3.63) is 77.1 Å². The third-order valence-corrected chi connectivity index (χ3v) is 3.72. The van der Waals surface area contributed by atoms with Crippen molar-refractivity contribution in [2.45, 2.75) is 32.6 Å². The number of rotatable bonds is 8. The van der Waals surface area contributed by atoms with Gasteiger partial charge in [-0.1, -0.05) is 56.2 Å². The normalized spacial score (nSPS) is 11.7. The van der Waals surface area contributed by atoms with Crippen LogP contribution in [0.15, 0.2) is 65.3 Å². The van der Waals surface area contributed by atoms with Crippen molar-refractivity contribution in [1.82, 2.24) is 5.43 Å². The first-order chi connectivity index (χ1) is 12.2.